The van der Waals surface area contributed by atoms with Gasteiger partial charge in [-0.05, 0) is 32.8 Å². The van der Waals surface area contributed by atoms with Gasteiger partial charge in [0.05, 0.1) is 18.8 Å². The van der Waals surface area contributed by atoms with E-state index in [0.29, 0.717) is 13.0 Å². The van der Waals surface area contributed by atoms with E-state index in [2.05, 4.69) is 33.4 Å². The molecule has 0 amide bonds. The molecule has 0 N–H and O–H groups in total. The maximum atomic E-state index is 9.30. The van der Waals surface area contributed by atoms with Crippen LogP contribution < -0.4 is 0 Å². The number of ether oxygens (including phenoxy) is 2. The minimum atomic E-state index is -0.552. The fraction of sp³-hybridized carbons (Fsp3) is 0.706. The number of rotatable bonds is 2. The van der Waals surface area contributed by atoms with E-state index in [-0.39, 0.29) is 16.9 Å². The molecular formula is C17H25NO2. The van der Waals surface area contributed by atoms with E-state index in [4.69, 9.17) is 9.47 Å². The summed E-state index contributed by atoms with van der Waals surface area (Å²) >= 11 is 0. The maximum Gasteiger partial charge on any atom is 0.163 e. The zero-order valence-electron chi connectivity index (χ0n) is 13.2. The summed E-state index contributed by atoms with van der Waals surface area (Å²) in [5.74, 6) is -0.552. The van der Waals surface area contributed by atoms with Crippen molar-refractivity contribution in [2.45, 2.75) is 59.4 Å². The van der Waals surface area contributed by atoms with Crippen LogP contribution in [-0.4, -0.2) is 18.5 Å². The predicted molar refractivity (Wildman–Crippen MR) is 78.9 cm³/mol. The summed E-state index contributed by atoms with van der Waals surface area (Å²) in [6, 6.07) is 2.35. The molecule has 2 aliphatic rings. The highest BCUT2D eigenvalue weighted by Crippen LogP contribution is 2.58. The van der Waals surface area contributed by atoms with Crippen LogP contribution in [0, 0.1) is 22.2 Å². The topological polar surface area (TPSA) is 42.2 Å². The fourth-order valence-electron chi connectivity index (χ4n) is 3.73. The van der Waals surface area contributed by atoms with Crippen molar-refractivity contribution >= 4 is 0 Å². The van der Waals surface area contributed by atoms with E-state index in [1.165, 1.54) is 11.1 Å². The molecular weight excluding hydrogens is 250 g/mol. The van der Waals surface area contributed by atoms with Crippen LogP contribution in [0.4, 0.5) is 0 Å². The lowest BCUT2D eigenvalue weighted by Gasteiger charge is -2.58. The molecule has 0 saturated carbocycles. The van der Waals surface area contributed by atoms with E-state index < -0.39 is 5.79 Å². The largest absolute Gasteiger partial charge is 0.350 e. The van der Waals surface area contributed by atoms with Crippen LogP contribution in [0.5, 0.6) is 0 Å². The molecule has 110 valence electrons. The molecule has 2 rings (SSSR count). The molecule has 1 heterocycles. The number of nitriles is 1. The molecule has 1 saturated heterocycles. The van der Waals surface area contributed by atoms with Gasteiger partial charge in [0.2, 0.25) is 0 Å². The Labute approximate surface area is 122 Å². The Bertz CT molecular complexity index is 500. The average Bonchev–Trinajstić information content (AvgIpc) is 2.33. The number of hydrogen-bond acceptors (Lipinski definition) is 3. The molecule has 20 heavy (non-hydrogen) atoms. The lowest BCUT2D eigenvalue weighted by molar-refractivity contribution is -0.332. The Balaban J connectivity index is 2.54. The SMILES string of the molecule is C=CC1=C(C)C[C@H]2OC(C)(C)OC[C@@]2(C)[C@@]1(C)CC#N. The molecule has 3 atom stereocenters. The molecule has 3 heteroatoms. The summed E-state index contributed by atoms with van der Waals surface area (Å²) < 4.78 is 12.1. The van der Waals surface area contributed by atoms with Gasteiger partial charge in [0, 0.05) is 17.3 Å². The normalized spacial score (nSPS) is 39.9. The van der Waals surface area contributed by atoms with E-state index in [0.717, 1.165) is 6.42 Å². The van der Waals surface area contributed by atoms with Crippen LogP contribution in [0.1, 0.15) is 47.5 Å². The van der Waals surface area contributed by atoms with Crippen molar-refractivity contribution in [1.29, 1.82) is 5.26 Å². The number of nitrogens with zero attached hydrogens (tertiary/aromatic N) is 1. The van der Waals surface area contributed by atoms with Gasteiger partial charge in [-0.25, -0.2) is 0 Å². The van der Waals surface area contributed by atoms with Crippen LogP contribution in [0.2, 0.25) is 0 Å². The summed E-state index contributed by atoms with van der Waals surface area (Å²) in [4.78, 5) is 0. The first-order valence-electron chi connectivity index (χ1n) is 7.21. The van der Waals surface area contributed by atoms with Crippen molar-refractivity contribution in [1.82, 2.24) is 0 Å². The van der Waals surface area contributed by atoms with Crippen LogP contribution in [-0.2, 0) is 9.47 Å². The number of hydrogen-bond donors (Lipinski definition) is 0. The van der Waals surface area contributed by atoms with Crippen LogP contribution in [0.3, 0.4) is 0 Å². The van der Waals surface area contributed by atoms with Gasteiger partial charge in [0.1, 0.15) is 0 Å². The first-order chi connectivity index (χ1) is 9.20. The zero-order valence-corrected chi connectivity index (χ0v) is 13.2. The molecule has 3 nitrogen and oxygen atoms in total. The number of allylic oxidation sites excluding steroid dienone is 2. The first kappa shape index (κ1) is 15.3. The molecule has 0 spiro atoms. The Morgan fingerprint density at radius 2 is 2.05 bits per heavy atom. The predicted octanol–water partition coefficient (Wildman–Crippen LogP) is 3.97. The van der Waals surface area contributed by atoms with Gasteiger partial charge < -0.3 is 9.47 Å². The van der Waals surface area contributed by atoms with Crippen molar-refractivity contribution in [3.63, 3.8) is 0 Å². The summed E-state index contributed by atoms with van der Waals surface area (Å²) in [5.41, 5.74) is 1.97. The van der Waals surface area contributed by atoms with Gasteiger partial charge in [0.25, 0.3) is 0 Å². The van der Waals surface area contributed by atoms with Crippen LogP contribution >= 0.6 is 0 Å². The lowest BCUT2D eigenvalue weighted by atomic mass is 9.53. The Hall–Kier alpha value is -1.11. The van der Waals surface area contributed by atoms with E-state index in [1.54, 1.807) is 0 Å². The molecule has 0 radical (unpaired) electrons. The van der Waals surface area contributed by atoms with Crippen molar-refractivity contribution in [3.8, 4) is 6.07 Å². The highest BCUT2D eigenvalue weighted by Gasteiger charge is 2.58. The van der Waals surface area contributed by atoms with Crippen molar-refractivity contribution in [2.75, 3.05) is 6.61 Å². The second kappa shape index (κ2) is 4.72. The summed E-state index contributed by atoms with van der Waals surface area (Å²) in [6.45, 7) is 14.9. The second-order valence-corrected chi connectivity index (χ2v) is 6.98. The number of fused-ring (bicyclic) bond motifs is 1. The van der Waals surface area contributed by atoms with Crippen molar-refractivity contribution in [3.05, 3.63) is 23.8 Å². The van der Waals surface area contributed by atoms with E-state index in [1.807, 2.05) is 19.9 Å². The molecule has 0 bridgehead atoms. The minimum absolute atomic E-state index is 0.0771. The van der Waals surface area contributed by atoms with Crippen molar-refractivity contribution in [2.24, 2.45) is 10.8 Å². The van der Waals surface area contributed by atoms with E-state index in [9.17, 15) is 5.26 Å². The Morgan fingerprint density at radius 1 is 1.40 bits per heavy atom. The minimum Gasteiger partial charge on any atom is -0.350 e. The van der Waals surface area contributed by atoms with Crippen molar-refractivity contribution < 1.29 is 9.47 Å². The third-order valence-electron chi connectivity index (χ3n) is 5.30. The Kier molecular flexibility index (Phi) is 3.60. The zero-order chi connectivity index (χ0) is 15.2. The smallest absolute Gasteiger partial charge is 0.163 e. The van der Waals surface area contributed by atoms with Gasteiger partial charge in [-0.1, -0.05) is 32.1 Å². The first-order valence-corrected chi connectivity index (χ1v) is 7.21. The Morgan fingerprint density at radius 3 is 2.60 bits per heavy atom. The molecule has 1 aliphatic heterocycles. The molecule has 1 fully saturated rings. The average molecular weight is 275 g/mol. The van der Waals surface area contributed by atoms with Gasteiger partial charge in [0.15, 0.2) is 5.79 Å². The molecule has 1 aliphatic carbocycles. The van der Waals surface area contributed by atoms with Crippen LogP contribution in [0.15, 0.2) is 23.8 Å². The fourth-order valence-corrected chi connectivity index (χ4v) is 3.73. The lowest BCUT2D eigenvalue weighted by Crippen LogP contribution is -2.60. The van der Waals surface area contributed by atoms with Gasteiger partial charge in [-0.15, -0.1) is 0 Å². The maximum absolute atomic E-state index is 9.30. The monoisotopic (exact) mass is 275 g/mol. The van der Waals surface area contributed by atoms with Gasteiger partial charge in [-0.2, -0.15) is 5.26 Å². The summed E-state index contributed by atoms with van der Waals surface area (Å²) in [6.07, 6.45) is 3.32. The molecule has 0 aromatic heterocycles. The van der Waals surface area contributed by atoms with Gasteiger partial charge >= 0.3 is 0 Å². The standard InChI is InChI=1S/C17H25NO2/c1-7-13-12(2)10-14-17(6,16(13,5)8-9-18)11-19-15(3,4)20-14/h7,14H,1,8,10-11H2,2-6H3/t14-,16+,17-/m1/s1. The quantitative estimate of drug-likeness (QED) is 0.765. The molecule has 0 unspecified atom stereocenters. The van der Waals surface area contributed by atoms with Crippen LogP contribution in [0.25, 0.3) is 0 Å². The summed E-state index contributed by atoms with van der Waals surface area (Å²) in [5, 5.41) is 9.30. The molecule has 0 aromatic rings. The van der Waals surface area contributed by atoms with E-state index >= 15 is 0 Å². The van der Waals surface area contributed by atoms with Gasteiger partial charge in [-0.3, -0.25) is 0 Å². The summed E-state index contributed by atoms with van der Waals surface area (Å²) in [7, 11) is 0. The molecule has 0 aromatic carbocycles. The third-order valence-corrected chi connectivity index (χ3v) is 5.30. The highest BCUT2D eigenvalue weighted by molar-refractivity contribution is 5.38. The third kappa shape index (κ3) is 2.03. The highest BCUT2D eigenvalue weighted by atomic mass is 16.7. The second-order valence-electron chi connectivity index (χ2n) is 6.98.